The van der Waals surface area contributed by atoms with Crippen molar-refractivity contribution in [3.05, 3.63) is 29.8 Å². The van der Waals surface area contributed by atoms with Gasteiger partial charge in [-0.25, -0.2) is 0 Å². The van der Waals surface area contributed by atoms with E-state index in [1.165, 1.54) is 11.5 Å². The van der Waals surface area contributed by atoms with Crippen LogP contribution in [0.25, 0.3) is 0 Å². The van der Waals surface area contributed by atoms with Crippen LogP contribution in [0.1, 0.15) is 5.56 Å². The number of anilines is 2. The molecule has 84 valence electrons. The Balaban J connectivity index is 2.04. The van der Waals surface area contributed by atoms with E-state index in [2.05, 4.69) is 14.7 Å². The number of aromatic nitrogens is 2. The minimum atomic E-state index is 0.299. The molecule has 0 aliphatic heterocycles. The predicted octanol–water partition coefficient (Wildman–Crippen LogP) is 1.74. The molecular weight excluding hydrogens is 224 g/mol. The summed E-state index contributed by atoms with van der Waals surface area (Å²) >= 11 is 1.24. The molecule has 1 aromatic heterocycles. The first-order valence-corrected chi connectivity index (χ1v) is 5.52. The molecule has 0 unspecified atom stereocenters. The van der Waals surface area contributed by atoms with Crippen molar-refractivity contribution in [1.29, 1.82) is 0 Å². The normalized spacial score (nSPS) is 10.1. The van der Waals surface area contributed by atoms with E-state index in [1.807, 2.05) is 24.3 Å². The zero-order chi connectivity index (χ0) is 11.4. The molecule has 0 saturated heterocycles. The smallest absolute Gasteiger partial charge is 0.233 e. The summed E-state index contributed by atoms with van der Waals surface area (Å²) in [7, 11) is 1.65. The Labute approximate surface area is 97.4 Å². The third kappa shape index (κ3) is 2.40. The highest BCUT2D eigenvalue weighted by molar-refractivity contribution is 7.09. The number of ether oxygens (including phenoxy) is 1. The topological polar surface area (TPSA) is 73.1 Å². The molecule has 0 radical (unpaired) electrons. The van der Waals surface area contributed by atoms with E-state index < -0.39 is 0 Å². The van der Waals surface area contributed by atoms with Crippen molar-refractivity contribution in [2.24, 2.45) is 0 Å². The van der Waals surface area contributed by atoms with Gasteiger partial charge in [0.15, 0.2) is 0 Å². The van der Waals surface area contributed by atoms with E-state index >= 15 is 0 Å². The average molecular weight is 236 g/mol. The van der Waals surface area contributed by atoms with Gasteiger partial charge in [0, 0.05) is 23.6 Å². The zero-order valence-corrected chi connectivity index (χ0v) is 9.62. The summed E-state index contributed by atoms with van der Waals surface area (Å²) in [5.41, 5.74) is 6.50. The lowest BCUT2D eigenvalue weighted by atomic mass is 10.2. The summed E-state index contributed by atoms with van der Waals surface area (Å²) in [5, 5.41) is 3.85. The van der Waals surface area contributed by atoms with Crippen LogP contribution in [0.15, 0.2) is 24.3 Å². The van der Waals surface area contributed by atoms with Gasteiger partial charge in [-0.15, -0.1) is 0 Å². The highest BCUT2D eigenvalue weighted by Crippen LogP contribution is 2.19. The molecule has 2 rings (SSSR count). The van der Waals surface area contributed by atoms with Crippen LogP contribution in [0.2, 0.25) is 0 Å². The Hall–Kier alpha value is -1.82. The van der Waals surface area contributed by atoms with E-state index in [9.17, 15) is 0 Å². The third-order valence-electron chi connectivity index (χ3n) is 2.06. The van der Waals surface area contributed by atoms with Crippen LogP contribution in [0.5, 0.6) is 5.75 Å². The van der Waals surface area contributed by atoms with Crippen molar-refractivity contribution in [3.63, 3.8) is 0 Å². The highest BCUT2D eigenvalue weighted by Gasteiger charge is 2.03. The van der Waals surface area contributed by atoms with E-state index in [0.717, 1.165) is 11.3 Å². The molecule has 2 aromatic rings. The van der Waals surface area contributed by atoms with Crippen molar-refractivity contribution in [2.45, 2.75) is 6.54 Å². The van der Waals surface area contributed by atoms with E-state index in [4.69, 9.17) is 10.5 Å². The molecule has 0 fully saturated rings. The number of nitrogens with one attached hydrogen (secondary N) is 1. The first-order valence-electron chi connectivity index (χ1n) is 4.74. The van der Waals surface area contributed by atoms with E-state index in [1.54, 1.807) is 7.11 Å². The number of para-hydroxylation sites is 1. The molecule has 0 spiro atoms. The van der Waals surface area contributed by atoms with Crippen molar-refractivity contribution < 1.29 is 4.74 Å². The first kappa shape index (κ1) is 10.7. The Morgan fingerprint density at radius 3 is 2.94 bits per heavy atom. The minimum absolute atomic E-state index is 0.299. The largest absolute Gasteiger partial charge is 0.496 e. The Bertz CT molecular complexity index is 471. The molecule has 1 heterocycles. The maximum absolute atomic E-state index is 5.43. The van der Waals surface area contributed by atoms with Crippen molar-refractivity contribution in [3.8, 4) is 5.75 Å². The number of hydrogen-bond acceptors (Lipinski definition) is 6. The van der Waals surface area contributed by atoms with Gasteiger partial charge in [-0.3, -0.25) is 0 Å². The molecule has 3 N–H and O–H groups in total. The van der Waals surface area contributed by atoms with Crippen LogP contribution in [0, 0.1) is 0 Å². The Morgan fingerprint density at radius 1 is 1.44 bits per heavy atom. The van der Waals surface area contributed by atoms with Gasteiger partial charge >= 0.3 is 0 Å². The number of rotatable bonds is 4. The second-order valence-electron chi connectivity index (χ2n) is 3.12. The van der Waals surface area contributed by atoms with Crippen LogP contribution in [0.4, 0.5) is 11.1 Å². The molecule has 0 amide bonds. The monoisotopic (exact) mass is 236 g/mol. The zero-order valence-electron chi connectivity index (χ0n) is 8.80. The molecule has 16 heavy (non-hydrogen) atoms. The number of hydrogen-bond donors (Lipinski definition) is 2. The molecule has 0 aliphatic rings. The van der Waals surface area contributed by atoms with Crippen LogP contribution in [-0.2, 0) is 6.54 Å². The van der Waals surface area contributed by atoms with Gasteiger partial charge in [-0.1, -0.05) is 18.2 Å². The lowest BCUT2D eigenvalue weighted by molar-refractivity contribution is 0.410. The van der Waals surface area contributed by atoms with E-state index in [0.29, 0.717) is 17.6 Å². The predicted molar refractivity (Wildman–Crippen MR) is 64.6 cm³/mol. The quantitative estimate of drug-likeness (QED) is 0.846. The van der Waals surface area contributed by atoms with E-state index in [-0.39, 0.29) is 0 Å². The van der Waals surface area contributed by atoms with Crippen LogP contribution < -0.4 is 15.8 Å². The fourth-order valence-electron chi connectivity index (χ4n) is 1.33. The Kier molecular flexibility index (Phi) is 3.21. The van der Waals surface area contributed by atoms with Gasteiger partial charge in [-0.05, 0) is 6.07 Å². The summed E-state index contributed by atoms with van der Waals surface area (Å²) in [5.74, 6) is 1.15. The summed E-state index contributed by atoms with van der Waals surface area (Å²) in [6.07, 6.45) is 0. The summed E-state index contributed by atoms with van der Waals surface area (Å²) in [6, 6.07) is 7.82. The van der Waals surface area contributed by atoms with Crippen molar-refractivity contribution >= 4 is 22.6 Å². The number of benzene rings is 1. The number of nitrogens with two attached hydrogens (primary N) is 1. The number of nitrogens with zero attached hydrogens (tertiary/aromatic N) is 2. The number of nitrogen functional groups attached to an aromatic ring is 1. The van der Waals surface area contributed by atoms with Crippen molar-refractivity contribution in [2.75, 3.05) is 18.2 Å². The van der Waals surface area contributed by atoms with Gasteiger partial charge in [0.1, 0.15) is 5.75 Å². The lowest BCUT2D eigenvalue weighted by Gasteiger charge is -2.07. The molecule has 6 heteroatoms. The maximum Gasteiger partial charge on any atom is 0.233 e. The molecule has 0 saturated carbocycles. The SMILES string of the molecule is COc1ccccc1CNc1nc(N)ns1. The van der Waals surface area contributed by atoms with Crippen LogP contribution in [-0.4, -0.2) is 16.5 Å². The third-order valence-corrected chi connectivity index (χ3v) is 2.75. The molecule has 5 nitrogen and oxygen atoms in total. The fraction of sp³-hybridized carbons (Fsp3) is 0.200. The first-order chi connectivity index (χ1) is 7.79. The molecule has 0 atom stereocenters. The molecule has 0 aliphatic carbocycles. The standard InChI is InChI=1S/C10H12N4OS/c1-15-8-5-3-2-4-7(8)6-12-10-13-9(11)14-16-10/h2-5H,6H2,1H3,(H3,11,12,13,14). The molecule has 0 bridgehead atoms. The Morgan fingerprint density at radius 2 is 2.25 bits per heavy atom. The van der Waals surface area contributed by atoms with Gasteiger partial charge in [0.2, 0.25) is 11.1 Å². The summed E-state index contributed by atoms with van der Waals surface area (Å²) in [4.78, 5) is 4.01. The average Bonchev–Trinajstić information content (AvgIpc) is 2.73. The summed E-state index contributed by atoms with van der Waals surface area (Å²) in [6.45, 7) is 0.638. The van der Waals surface area contributed by atoms with Gasteiger partial charge in [0.05, 0.1) is 7.11 Å². The van der Waals surface area contributed by atoms with Crippen LogP contribution >= 0.6 is 11.5 Å². The second kappa shape index (κ2) is 4.80. The van der Waals surface area contributed by atoms with Gasteiger partial charge < -0.3 is 15.8 Å². The lowest BCUT2D eigenvalue weighted by Crippen LogP contribution is -2.01. The van der Waals surface area contributed by atoms with Crippen LogP contribution in [0.3, 0.4) is 0 Å². The van der Waals surface area contributed by atoms with Gasteiger partial charge in [0.25, 0.3) is 0 Å². The van der Waals surface area contributed by atoms with Gasteiger partial charge in [-0.2, -0.15) is 9.36 Å². The number of methoxy groups -OCH3 is 1. The highest BCUT2D eigenvalue weighted by atomic mass is 32.1. The summed E-state index contributed by atoms with van der Waals surface area (Å²) < 4.78 is 9.13. The second-order valence-corrected chi connectivity index (χ2v) is 3.87. The maximum atomic E-state index is 5.43. The molecule has 1 aromatic carbocycles. The van der Waals surface area contributed by atoms with Crippen molar-refractivity contribution in [1.82, 2.24) is 9.36 Å². The molecular formula is C10H12N4OS. The fourth-order valence-corrected chi connectivity index (χ4v) is 1.82. The minimum Gasteiger partial charge on any atom is -0.496 e.